The fourth-order valence-electron chi connectivity index (χ4n) is 1.95. The molecule has 2 atom stereocenters. The summed E-state index contributed by atoms with van der Waals surface area (Å²) in [6.07, 6.45) is 3.59. The lowest BCUT2D eigenvalue weighted by molar-refractivity contribution is 0.0768. The van der Waals surface area contributed by atoms with E-state index >= 15 is 0 Å². The Morgan fingerprint density at radius 1 is 1.50 bits per heavy atom. The van der Waals surface area contributed by atoms with Gasteiger partial charge in [0.1, 0.15) is 6.10 Å². The van der Waals surface area contributed by atoms with Crippen molar-refractivity contribution in [3.8, 4) is 0 Å². The zero-order valence-corrected chi connectivity index (χ0v) is 9.97. The number of nitrogens with zero attached hydrogens (tertiary/aromatic N) is 2. The first kappa shape index (κ1) is 11.5. The lowest BCUT2D eigenvalue weighted by Crippen LogP contribution is -2.11. The average Bonchev–Trinajstić information content (AvgIpc) is 3.02. The summed E-state index contributed by atoms with van der Waals surface area (Å²) in [6, 6.07) is 0. The molecular weight excluding hydrogens is 204 g/mol. The molecule has 0 saturated heterocycles. The molecule has 1 aromatic heterocycles. The molecule has 0 amide bonds. The standard InChI is InChI=1S/C12H18N2O2/c1-7-10(8(2)15)6-13-12(14-7)11(16-3)9-4-5-9/h6,8-9,11,15H,4-5H2,1-3H3/t8-,11?/m0/s1. The Morgan fingerprint density at radius 3 is 2.62 bits per heavy atom. The summed E-state index contributed by atoms with van der Waals surface area (Å²) in [6.45, 7) is 3.62. The molecule has 2 rings (SSSR count). The minimum atomic E-state index is -0.518. The predicted octanol–water partition coefficient (Wildman–Crippen LogP) is 1.94. The lowest BCUT2D eigenvalue weighted by Gasteiger charge is -2.15. The highest BCUT2D eigenvalue weighted by Gasteiger charge is 2.34. The third-order valence-electron chi connectivity index (χ3n) is 3.04. The van der Waals surface area contributed by atoms with Crippen LogP contribution in [0.3, 0.4) is 0 Å². The van der Waals surface area contributed by atoms with Gasteiger partial charge in [-0.3, -0.25) is 0 Å². The van der Waals surface area contributed by atoms with Crippen molar-refractivity contribution in [3.05, 3.63) is 23.3 Å². The second-order valence-electron chi connectivity index (χ2n) is 4.44. The van der Waals surface area contributed by atoms with Gasteiger partial charge >= 0.3 is 0 Å². The van der Waals surface area contributed by atoms with Gasteiger partial charge in [0, 0.05) is 24.6 Å². The van der Waals surface area contributed by atoms with Crippen molar-refractivity contribution in [1.29, 1.82) is 0 Å². The van der Waals surface area contributed by atoms with E-state index in [1.54, 1.807) is 20.2 Å². The van der Waals surface area contributed by atoms with Crippen molar-refractivity contribution >= 4 is 0 Å². The van der Waals surface area contributed by atoms with Crippen LogP contribution in [0.5, 0.6) is 0 Å². The normalized spacial score (nSPS) is 19.5. The SMILES string of the molecule is COC(c1ncc([C@H](C)O)c(C)n1)C1CC1. The molecule has 1 saturated carbocycles. The van der Waals surface area contributed by atoms with Gasteiger partial charge in [-0.05, 0) is 32.6 Å². The molecule has 1 aliphatic rings. The van der Waals surface area contributed by atoms with E-state index in [4.69, 9.17) is 4.74 Å². The van der Waals surface area contributed by atoms with Crippen LogP contribution in [0.2, 0.25) is 0 Å². The van der Waals surface area contributed by atoms with E-state index in [0.29, 0.717) is 5.92 Å². The first-order chi connectivity index (χ1) is 7.63. The lowest BCUT2D eigenvalue weighted by atomic mass is 10.1. The van der Waals surface area contributed by atoms with Crippen LogP contribution >= 0.6 is 0 Å². The summed E-state index contributed by atoms with van der Waals surface area (Å²) in [4.78, 5) is 8.73. The first-order valence-electron chi connectivity index (χ1n) is 5.67. The van der Waals surface area contributed by atoms with E-state index < -0.39 is 6.10 Å². The van der Waals surface area contributed by atoms with Crippen LogP contribution in [0.4, 0.5) is 0 Å². The molecule has 0 radical (unpaired) electrons. The molecule has 1 fully saturated rings. The largest absolute Gasteiger partial charge is 0.389 e. The van der Waals surface area contributed by atoms with E-state index in [1.807, 2.05) is 6.92 Å². The van der Waals surface area contributed by atoms with Crippen molar-refractivity contribution < 1.29 is 9.84 Å². The Kier molecular flexibility index (Phi) is 3.21. The smallest absolute Gasteiger partial charge is 0.157 e. The summed E-state index contributed by atoms with van der Waals surface area (Å²) >= 11 is 0. The zero-order valence-electron chi connectivity index (χ0n) is 9.97. The summed E-state index contributed by atoms with van der Waals surface area (Å²) < 4.78 is 5.43. The minimum Gasteiger partial charge on any atom is -0.389 e. The maximum atomic E-state index is 9.50. The topological polar surface area (TPSA) is 55.2 Å². The molecule has 1 aliphatic carbocycles. The molecule has 4 nitrogen and oxygen atoms in total. The fourth-order valence-corrected chi connectivity index (χ4v) is 1.95. The molecule has 0 aromatic carbocycles. The maximum Gasteiger partial charge on any atom is 0.157 e. The van der Waals surface area contributed by atoms with Gasteiger partial charge < -0.3 is 9.84 Å². The number of aliphatic hydroxyl groups excluding tert-OH is 1. The van der Waals surface area contributed by atoms with Crippen LogP contribution in [0.25, 0.3) is 0 Å². The van der Waals surface area contributed by atoms with Crippen molar-refractivity contribution in [2.75, 3.05) is 7.11 Å². The fraction of sp³-hybridized carbons (Fsp3) is 0.667. The second kappa shape index (κ2) is 4.47. The zero-order chi connectivity index (χ0) is 11.7. The van der Waals surface area contributed by atoms with Crippen LogP contribution in [0.1, 0.15) is 49.1 Å². The van der Waals surface area contributed by atoms with Crippen molar-refractivity contribution in [3.63, 3.8) is 0 Å². The van der Waals surface area contributed by atoms with E-state index in [-0.39, 0.29) is 6.10 Å². The summed E-state index contributed by atoms with van der Waals surface area (Å²) in [5, 5.41) is 9.50. The van der Waals surface area contributed by atoms with Crippen LogP contribution in [-0.4, -0.2) is 22.2 Å². The highest BCUT2D eigenvalue weighted by atomic mass is 16.5. The molecule has 0 spiro atoms. The third kappa shape index (κ3) is 2.23. The van der Waals surface area contributed by atoms with E-state index in [1.165, 1.54) is 12.8 Å². The Morgan fingerprint density at radius 2 is 2.19 bits per heavy atom. The van der Waals surface area contributed by atoms with Gasteiger partial charge in [-0.15, -0.1) is 0 Å². The number of aromatic nitrogens is 2. The Balaban J connectivity index is 2.25. The summed E-state index contributed by atoms with van der Waals surface area (Å²) in [7, 11) is 1.70. The number of ether oxygens (including phenoxy) is 1. The van der Waals surface area contributed by atoms with E-state index in [2.05, 4.69) is 9.97 Å². The quantitative estimate of drug-likeness (QED) is 0.845. The van der Waals surface area contributed by atoms with Gasteiger partial charge in [0.15, 0.2) is 5.82 Å². The van der Waals surface area contributed by atoms with Crippen LogP contribution in [0.15, 0.2) is 6.20 Å². The van der Waals surface area contributed by atoms with Gasteiger partial charge in [-0.2, -0.15) is 0 Å². The molecule has 88 valence electrons. The van der Waals surface area contributed by atoms with Crippen molar-refractivity contribution in [2.24, 2.45) is 5.92 Å². The van der Waals surface area contributed by atoms with E-state index in [0.717, 1.165) is 17.1 Å². The molecule has 16 heavy (non-hydrogen) atoms. The molecule has 1 unspecified atom stereocenters. The van der Waals surface area contributed by atoms with Gasteiger partial charge in [0.05, 0.1) is 6.10 Å². The number of hydrogen-bond donors (Lipinski definition) is 1. The monoisotopic (exact) mass is 222 g/mol. The van der Waals surface area contributed by atoms with Crippen molar-refractivity contribution in [1.82, 2.24) is 9.97 Å². The molecule has 1 N–H and O–H groups in total. The Bertz CT molecular complexity index is 375. The molecule has 1 aromatic rings. The number of methoxy groups -OCH3 is 1. The number of aryl methyl sites for hydroxylation is 1. The molecule has 0 aliphatic heterocycles. The second-order valence-corrected chi connectivity index (χ2v) is 4.44. The Labute approximate surface area is 95.7 Å². The van der Waals surface area contributed by atoms with Crippen LogP contribution in [-0.2, 0) is 4.74 Å². The van der Waals surface area contributed by atoms with E-state index in [9.17, 15) is 5.11 Å². The molecule has 0 bridgehead atoms. The molecule has 4 heteroatoms. The molecular formula is C12H18N2O2. The summed E-state index contributed by atoms with van der Waals surface area (Å²) in [5.74, 6) is 1.31. The highest BCUT2D eigenvalue weighted by molar-refractivity contribution is 5.19. The molecule has 1 heterocycles. The van der Waals surface area contributed by atoms with Crippen LogP contribution in [0, 0.1) is 12.8 Å². The van der Waals surface area contributed by atoms with Gasteiger partial charge in [0.25, 0.3) is 0 Å². The maximum absolute atomic E-state index is 9.50. The third-order valence-corrected chi connectivity index (χ3v) is 3.04. The van der Waals surface area contributed by atoms with Crippen LogP contribution < -0.4 is 0 Å². The number of hydrogen-bond acceptors (Lipinski definition) is 4. The van der Waals surface area contributed by atoms with Gasteiger partial charge in [-0.25, -0.2) is 9.97 Å². The number of rotatable bonds is 4. The van der Waals surface area contributed by atoms with Crippen molar-refractivity contribution in [2.45, 2.75) is 38.9 Å². The average molecular weight is 222 g/mol. The van der Waals surface area contributed by atoms with Gasteiger partial charge in [-0.1, -0.05) is 0 Å². The predicted molar refractivity (Wildman–Crippen MR) is 59.9 cm³/mol. The highest BCUT2D eigenvalue weighted by Crippen LogP contribution is 2.41. The summed E-state index contributed by atoms with van der Waals surface area (Å²) in [5.41, 5.74) is 1.62. The number of aliphatic hydroxyl groups is 1. The minimum absolute atomic E-state index is 0.0155. The van der Waals surface area contributed by atoms with Gasteiger partial charge in [0.2, 0.25) is 0 Å². The Hall–Kier alpha value is -1.00. The first-order valence-corrected chi connectivity index (χ1v) is 5.67.